The lowest BCUT2D eigenvalue weighted by atomic mass is 10.1. The third-order valence-corrected chi connectivity index (χ3v) is 3.68. The van der Waals surface area contributed by atoms with Crippen molar-refractivity contribution in [3.05, 3.63) is 35.9 Å². The average Bonchev–Trinajstić information content (AvgIpc) is 2.46. The monoisotopic (exact) mass is 205 g/mol. The van der Waals surface area contributed by atoms with Crippen LogP contribution < -0.4 is 5.73 Å². The Bertz CT molecular complexity index is 380. The molecule has 1 aliphatic heterocycles. The summed E-state index contributed by atoms with van der Waals surface area (Å²) in [7, 11) is 0. The van der Waals surface area contributed by atoms with Crippen molar-refractivity contribution in [2.45, 2.75) is 25.0 Å². The molecule has 74 valence electrons. The van der Waals surface area contributed by atoms with Gasteiger partial charge in [0.15, 0.2) is 0 Å². The van der Waals surface area contributed by atoms with E-state index in [4.69, 9.17) is 5.73 Å². The highest BCUT2D eigenvalue weighted by atomic mass is 32.2. The molecule has 0 spiro atoms. The lowest BCUT2D eigenvalue weighted by Crippen LogP contribution is -2.07. The van der Waals surface area contributed by atoms with Crippen LogP contribution in [0.1, 0.15) is 25.8 Å². The van der Waals surface area contributed by atoms with Crippen LogP contribution in [0.2, 0.25) is 0 Å². The van der Waals surface area contributed by atoms with Gasteiger partial charge in [0.05, 0.1) is 0 Å². The van der Waals surface area contributed by atoms with Crippen LogP contribution in [-0.4, -0.2) is 4.75 Å². The van der Waals surface area contributed by atoms with Gasteiger partial charge in [0.25, 0.3) is 0 Å². The minimum absolute atomic E-state index is 0.347. The van der Waals surface area contributed by atoms with Crippen molar-refractivity contribution in [1.29, 1.82) is 0 Å². The molecule has 0 saturated carbocycles. The van der Waals surface area contributed by atoms with Gasteiger partial charge >= 0.3 is 0 Å². The van der Waals surface area contributed by atoms with Gasteiger partial charge in [-0.3, -0.25) is 0 Å². The smallest absolute Gasteiger partial charge is 0.0320 e. The molecule has 2 heteroatoms. The van der Waals surface area contributed by atoms with Gasteiger partial charge in [0.1, 0.15) is 0 Å². The minimum atomic E-state index is 0.347. The number of nitrogen functional groups attached to an aromatic ring is 1. The summed E-state index contributed by atoms with van der Waals surface area (Å²) in [6.45, 7) is 4.54. The number of rotatable bonds is 1. The van der Waals surface area contributed by atoms with Crippen molar-refractivity contribution in [3.8, 4) is 0 Å². The SMILES string of the molecule is CC1(C)CC=C(c2cccc(N)c2)S1. The lowest BCUT2D eigenvalue weighted by molar-refractivity contribution is 0.740. The molecule has 1 aromatic rings. The van der Waals surface area contributed by atoms with Crippen molar-refractivity contribution in [2.75, 3.05) is 5.73 Å². The molecule has 0 fully saturated rings. The molecule has 1 aromatic carbocycles. The van der Waals surface area contributed by atoms with Crippen LogP contribution in [-0.2, 0) is 0 Å². The molecule has 0 amide bonds. The number of hydrogen-bond acceptors (Lipinski definition) is 2. The molecule has 0 unspecified atom stereocenters. The van der Waals surface area contributed by atoms with Crippen LogP contribution >= 0.6 is 11.8 Å². The third kappa shape index (κ3) is 1.95. The summed E-state index contributed by atoms with van der Waals surface area (Å²) in [6, 6.07) is 8.10. The summed E-state index contributed by atoms with van der Waals surface area (Å²) >= 11 is 1.94. The second-order valence-corrected chi connectivity index (χ2v) is 6.01. The van der Waals surface area contributed by atoms with Crippen LogP contribution in [0, 0.1) is 0 Å². The van der Waals surface area contributed by atoms with Gasteiger partial charge in [-0.1, -0.05) is 32.1 Å². The van der Waals surface area contributed by atoms with Crippen LogP contribution in [0.5, 0.6) is 0 Å². The van der Waals surface area contributed by atoms with Crippen molar-refractivity contribution in [3.63, 3.8) is 0 Å². The zero-order valence-electron chi connectivity index (χ0n) is 8.58. The second-order valence-electron chi connectivity index (χ2n) is 4.26. The van der Waals surface area contributed by atoms with Crippen LogP contribution in [0.4, 0.5) is 5.69 Å². The Labute approximate surface area is 89.4 Å². The molecule has 14 heavy (non-hydrogen) atoms. The standard InChI is InChI=1S/C12H15NS/c1-12(2)7-6-11(14-12)9-4-3-5-10(13)8-9/h3-6,8H,7,13H2,1-2H3. The van der Waals surface area contributed by atoms with Crippen molar-refractivity contribution < 1.29 is 0 Å². The first-order valence-corrected chi connectivity index (χ1v) is 5.64. The quantitative estimate of drug-likeness (QED) is 0.710. The number of anilines is 1. The second kappa shape index (κ2) is 3.35. The Morgan fingerprint density at radius 3 is 2.71 bits per heavy atom. The molecule has 0 atom stereocenters. The molecule has 0 aromatic heterocycles. The van der Waals surface area contributed by atoms with Crippen LogP contribution in [0.25, 0.3) is 4.91 Å². The van der Waals surface area contributed by atoms with Crippen LogP contribution in [0.3, 0.4) is 0 Å². The molecule has 2 N–H and O–H groups in total. The number of allylic oxidation sites excluding steroid dienone is 1. The Hall–Kier alpha value is -0.890. The van der Waals surface area contributed by atoms with E-state index < -0.39 is 0 Å². The molecule has 0 saturated heterocycles. The van der Waals surface area contributed by atoms with E-state index in [9.17, 15) is 0 Å². The first-order chi connectivity index (χ1) is 6.57. The summed E-state index contributed by atoms with van der Waals surface area (Å²) in [5.41, 5.74) is 7.85. The summed E-state index contributed by atoms with van der Waals surface area (Å²) < 4.78 is 0.347. The molecular formula is C12H15NS. The number of benzene rings is 1. The van der Waals surface area contributed by atoms with Gasteiger partial charge in [-0.25, -0.2) is 0 Å². The fourth-order valence-electron chi connectivity index (χ4n) is 1.59. The fourth-order valence-corrected chi connectivity index (χ4v) is 2.76. The van der Waals surface area contributed by atoms with E-state index in [2.05, 4.69) is 26.0 Å². The summed E-state index contributed by atoms with van der Waals surface area (Å²) in [6.07, 6.45) is 3.45. The molecule has 1 nitrogen and oxygen atoms in total. The highest BCUT2D eigenvalue weighted by Crippen LogP contribution is 2.46. The predicted octanol–water partition coefficient (Wildman–Crippen LogP) is 3.53. The maximum absolute atomic E-state index is 5.76. The normalized spacial score (nSPS) is 19.4. The molecule has 2 rings (SSSR count). The number of nitrogens with two attached hydrogens (primary N) is 1. The van der Waals surface area contributed by atoms with E-state index in [0.717, 1.165) is 12.1 Å². The Balaban J connectivity index is 2.26. The van der Waals surface area contributed by atoms with Gasteiger partial charge in [0.2, 0.25) is 0 Å². The first kappa shape index (κ1) is 9.66. The fraction of sp³-hybridized carbons (Fsp3) is 0.333. The summed E-state index contributed by atoms with van der Waals surface area (Å²) in [5, 5.41) is 0. The molecule has 0 radical (unpaired) electrons. The maximum Gasteiger partial charge on any atom is 0.0320 e. The molecule has 0 aliphatic carbocycles. The topological polar surface area (TPSA) is 26.0 Å². The third-order valence-electron chi connectivity index (χ3n) is 2.34. The highest BCUT2D eigenvalue weighted by molar-refractivity contribution is 8.09. The molecular weight excluding hydrogens is 190 g/mol. The zero-order valence-corrected chi connectivity index (χ0v) is 9.40. The van der Waals surface area contributed by atoms with Crippen molar-refractivity contribution in [2.24, 2.45) is 0 Å². The minimum Gasteiger partial charge on any atom is -0.399 e. The van der Waals surface area contributed by atoms with Gasteiger partial charge in [0, 0.05) is 15.3 Å². The van der Waals surface area contributed by atoms with E-state index in [1.54, 1.807) is 0 Å². The van der Waals surface area contributed by atoms with Gasteiger partial charge < -0.3 is 5.73 Å². The molecule has 1 heterocycles. The van der Waals surface area contributed by atoms with Gasteiger partial charge in [-0.15, -0.1) is 11.8 Å². The van der Waals surface area contributed by atoms with E-state index in [-0.39, 0.29) is 0 Å². The van der Waals surface area contributed by atoms with Crippen LogP contribution in [0.15, 0.2) is 30.3 Å². The first-order valence-electron chi connectivity index (χ1n) is 4.82. The zero-order chi connectivity index (χ0) is 10.2. The van der Waals surface area contributed by atoms with E-state index in [0.29, 0.717) is 4.75 Å². The van der Waals surface area contributed by atoms with Gasteiger partial charge in [-0.05, 0) is 24.1 Å². The molecule has 0 bridgehead atoms. The van der Waals surface area contributed by atoms with Gasteiger partial charge in [-0.2, -0.15) is 0 Å². The summed E-state index contributed by atoms with van der Waals surface area (Å²) in [4.78, 5) is 1.36. The predicted molar refractivity (Wildman–Crippen MR) is 65.1 cm³/mol. The summed E-state index contributed by atoms with van der Waals surface area (Å²) in [5.74, 6) is 0. The molecule has 1 aliphatic rings. The number of hydrogen-bond donors (Lipinski definition) is 1. The van der Waals surface area contributed by atoms with Crippen molar-refractivity contribution >= 4 is 22.4 Å². The van der Waals surface area contributed by atoms with E-state index >= 15 is 0 Å². The Morgan fingerprint density at radius 1 is 1.36 bits per heavy atom. The lowest BCUT2D eigenvalue weighted by Gasteiger charge is -2.16. The van der Waals surface area contributed by atoms with E-state index in [1.807, 2.05) is 30.0 Å². The average molecular weight is 205 g/mol. The Kier molecular flexibility index (Phi) is 2.31. The van der Waals surface area contributed by atoms with Crippen molar-refractivity contribution in [1.82, 2.24) is 0 Å². The largest absolute Gasteiger partial charge is 0.399 e. The van der Waals surface area contributed by atoms with E-state index in [1.165, 1.54) is 10.5 Å². The maximum atomic E-state index is 5.76. The Morgan fingerprint density at radius 2 is 2.14 bits per heavy atom. The number of thioether (sulfide) groups is 1. The highest BCUT2D eigenvalue weighted by Gasteiger charge is 2.25.